The Morgan fingerprint density at radius 1 is 1.15 bits per heavy atom. The second-order valence-corrected chi connectivity index (χ2v) is 5.13. The molecule has 1 aromatic rings. The normalized spacial score (nSPS) is 11.9. The van der Waals surface area contributed by atoms with E-state index >= 15 is 0 Å². The highest BCUT2D eigenvalue weighted by Gasteiger charge is 2.10. The molecule has 2 amide bonds. The van der Waals surface area contributed by atoms with Crippen molar-refractivity contribution >= 4 is 11.7 Å². The fourth-order valence-electron chi connectivity index (χ4n) is 2.16. The maximum Gasteiger partial charge on any atom is 0.319 e. The molecular formula is C16H27N3O. The Labute approximate surface area is 122 Å². The van der Waals surface area contributed by atoms with Gasteiger partial charge >= 0.3 is 6.03 Å². The summed E-state index contributed by atoms with van der Waals surface area (Å²) in [6, 6.07) is 7.75. The quantitative estimate of drug-likeness (QED) is 0.679. The largest absolute Gasteiger partial charge is 0.335 e. The monoisotopic (exact) mass is 277 g/mol. The summed E-state index contributed by atoms with van der Waals surface area (Å²) in [5.41, 5.74) is 7.40. The molecule has 0 spiro atoms. The van der Waals surface area contributed by atoms with E-state index in [4.69, 9.17) is 5.73 Å². The molecule has 1 atom stereocenters. The molecule has 1 rings (SSSR count). The molecular weight excluding hydrogens is 250 g/mol. The van der Waals surface area contributed by atoms with Crippen LogP contribution in [0.25, 0.3) is 0 Å². The van der Waals surface area contributed by atoms with E-state index in [2.05, 4.69) is 24.5 Å². The van der Waals surface area contributed by atoms with Crippen LogP contribution in [0.4, 0.5) is 10.5 Å². The molecule has 0 heterocycles. The summed E-state index contributed by atoms with van der Waals surface area (Å²) in [6.45, 7) is 4.83. The van der Waals surface area contributed by atoms with Crippen molar-refractivity contribution in [3.8, 4) is 0 Å². The van der Waals surface area contributed by atoms with Crippen molar-refractivity contribution in [2.45, 2.75) is 58.5 Å². The Hall–Kier alpha value is -1.55. The molecule has 112 valence electrons. The molecule has 4 heteroatoms. The molecule has 0 fully saturated rings. The number of carbonyl (C=O) groups excluding carboxylic acids is 1. The average molecular weight is 277 g/mol. The molecule has 1 aromatic carbocycles. The number of benzene rings is 1. The minimum atomic E-state index is -0.125. The Bertz CT molecular complexity index is 389. The zero-order chi connectivity index (χ0) is 14.8. The fraction of sp³-hybridized carbons (Fsp3) is 0.562. The number of amides is 2. The Morgan fingerprint density at radius 3 is 2.40 bits per heavy atom. The van der Waals surface area contributed by atoms with Crippen LogP contribution in [0.5, 0.6) is 0 Å². The van der Waals surface area contributed by atoms with Crippen molar-refractivity contribution < 1.29 is 4.79 Å². The molecule has 0 aromatic heterocycles. The van der Waals surface area contributed by atoms with E-state index < -0.39 is 0 Å². The third-order valence-electron chi connectivity index (χ3n) is 3.33. The van der Waals surface area contributed by atoms with Crippen LogP contribution in [-0.4, -0.2) is 12.1 Å². The van der Waals surface area contributed by atoms with Gasteiger partial charge in [0.05, 0.1) is 0 Å². The predicted molar refractivity (Wildman–Crippen MR) is 84.7 cm³/mol. The second kappa shape index (κ2) is 9.37. The third-order valence-corrected chi connectivity index (χ3v) is 3.33. The molecule has 0 aliphatic heterocycles. The maximum absolute atomic E-state index is 12.0. The van der Waals surface area contributed by atoms with Gasteiger partial charge in [-0.05, 0) is 30.5 Å². The van der Waals surface area contributed by atoms with E-state index in [0.717, 1.165) is 43.4 Å². The van der Waals surface area contributed by atoms with Gasteiger partial charge in [0.1, 0.15) is 0 Å². The van der Waals surface area contributed by atoms with E-state index in [-0.39, 0.29) is 12.1 Å². The maximum atomic E-state index is 12.0. The van der Waals surface area contributed by atoms with Crippen molar-refractivity contribution in [2.24, 2.45) is 5.73 Å². The van der Waals surface area contributed by atoms with Gasteiger partial charge in [0.2, 0.25) is 0 Å². The van der Waals surface area contributed by atoms with Crippen LogP contribution in [-0.2, 0) is 6.54 Å². The molecule has 4 nitrogen and oxygen atoms in total. The molecule has 0 aliphatic carbocycles. The van der Waals surface area contributed by atoms with Gasteiger partial charge in [0, 0.05) is 18.3 Å². The van der Waals surface area contributed by atoms with Crippen LogP contribution in [0.1, 0.15) is 51.5 Å². The molecule has 0 bridgehead atoms. The van der Waals surface area contributed by atoms with Crippen LogP contribution in [0.15, 0.2) is 24.3 Å². The number of rotatable bonds is 8. The van der Waals surface area contributed by atoms with E-state index in [0.29, 0.717) is 6.54 Å². The predicted octanol–water partition coefficient (Wildman–Crippen LogP) is 3.63. The first kappa shape index (κ1) is 16.5. The summed E-state index contributed by atoms with van der Waals surface area (Å²) < 4.78 is 0. The number of nitrogens with two attached hydrogens (primary N) is 1. The van der Waals surface area contributed by atoms with E-state index in [9.17, 15) is 4.79 Å². The standard InChI is InChI=1S/C16H27N3O/c1-3-5-7-14(6-4-2)18-16(20)19-15-10-8-13(12-17)9-11-15/h8-11,14H,3-7,12,17H2,1-2H3,(H2,18,19,20). The highest BCUT2D eigenvalue weighted by atomic mass is 16.2. The number of hydrogen-bond donors (Lipinski definition) is 3. The topological polar surface area (TPSA) is 67.2 Å². The first-order chi connectivity index (χ1) is 9.69. The van der Waals surface area contributed by atoms with Gasteiger partial charge in [-0.25, -0.2) is 4.79 Å². The van der Waals surface area contributed by atoms with Gasteiger partial charge in [-0.2, -0.15) is 0 Å². The highest BCUT2D eigenvalue weighted by molar-refractivity contribution is 5.89. The number of nitrogens with one attached hydrogen (secondary N) is 2. The SMILES string of the molecule is CCCCC(CCC)NC(=O)Nc1ccc(CN)cc1. The Balaban J connectivity index is 2.46. The van der Waals surface area contributed by atoms with Crippen molar-refractivity contribution in [2.75, 3.05) is 5.32 Å². The minimum absolute atomic E-state index is 0.125. The third kappa shape index (κ3) is 6.06. The molecule has 0 saturated carbocycles. The summed E-state index contributed by atoms with van der Waals surface area (Å²) in [6.07, 6.45) is 5.46. The molecule has 0 aliphatic rings. The molecule has 4 N–H and O–H groups in total. The van der Waals surface area contributed by atoms with Crippen LogP contribution in [0, 0.1) is 0 Å². The fourth-order valence-corrected chi connectivity index (χ4v) is 2.16. The summed E-state index contributed by atoms with van der Waals surface area (Å²) in [4.78, 5) is 12.0. The molecule has 0 radical (unpaired) electrons. The van der Waals surface area contributed by atoms with Crippen LogP contribution in [0.2, 0.25) is 0 Å². The first-order valence-corrected chi connectivity index (χ1v) is 7.56. The average Bonchev–Trinajstić information content (AvgIpc) is 2.45. The lowest BCUT2D eigenvalue weighted by atomic mass is 10.1. The van der Waals surface area contributed by atoms with Crippen LogP contribution in [0.3, 0.4) is 0 Å². The van der Waals surface area contributed by atoms with Gasteiger partial charge in [-0.1, -0.05) is 45.2 Å². The Kier molecular flexibility index (Phi) is 7.73. The highest BCUT2D eigenvalue weighted by Crippen LogP contribution is 2.10. The van der Waals surface area contributed by atoms with Gasteiger partial charge in [-0.15, -0.1) is 0 Å². The lowest BCUT2D eigenvalue weighted by molar-refractivity contribution is 0.246. The number of anilines is 1. The molecule has 20 heavy (non-hydrogen) atoms. The minimum Gasteiger partial charge on any atom is -0.335 e. The van der Waals surface area contributed by atoms with Crippen molar-refractivity contribution in [1.82, 2.24) is 5.32 Å². The van der Waals surface area contributed by atoms with Gasteiger partial charge < -0.3 is 16.4 Å². The zero-order valence-corrected chi connectivity index (χ0v) is 12.6. The summed E-state index contributed by atoms with van der Waals surface area (Å²) in [7, 11) is 0. The number of urea groups is 1. The van der Waals surface area contributed by atoms with Crippen molar-refractivity contribution in [1.29, 1.82) is 0 Å². The van der Waals surface area contributed by atoms with E-state index in [1.165, 1.54) is 0 Å². The number of hydrogen-bond acceptors (Lipinski definition) is 2. The van der Waals surface area contributed by atoms with Gasteiger partial charge in [0.15, 0.2) is 0 Å². The lowest BCUT2D eigenvalue weighted by Gasteiger charge is -2.18. The molecule has 0 saturated heterocycles. The van der Waals surface area contributed by atoms with Crippen molar-refractivity contribution in [3.05, 3.63) is 29.8 Å². The summed E-state index contributed by atoms with van der Waals surface area (Å²) in [5.74, 6) is 0. The number of carbonyl (C=O) groups is 1. The van der Waals surface area contributed by atoms with Gasteiger partial charge in [0.25, 0.3) is 0 Å². The van der Waals surface area contributed by atoms with Crippen molar-refractivity contribution in [3.63, 3.8) is 0 Å². The van der Waals surface area contributed by atoms with Crippen LogP contribution < -0.4 is 16.4 Å². The summed E-state index contributed by atoms with van der Waals surface area (Å²) in [5, 5.41) is 5.92. The number of unbranched alkanes of at least 4 members (excludes halogenated alkanes) is 1. The van der Waals surface area contributed by atoms with E-state index in [1.807, 2.05) is 24.3 Å². The summed E-state index contributed by atoms with van der Waals surface area (Å²) >= 11 is 0. The second-order valence-electron chi connectivity index (χ2n) is 5.13. The Morgan fingerprint density at radius 2 is 1.85 bits per heavy atom. The smallest absolute Gasteiger partial charge is 0.319 e. The zero-order valence-electron chi connectivity index (χ0n) is 12.6. The lowest BCUT2D eigenvalue weighted by Crippen LogP contribution is -2.37. The van der Waals surface area contributed by atoms with Crippen LogP contribution >= 0.6 is 0 Å². The van der Waals surface area contributed by atoms with Gasteiger partial charge in [-0.3, -0.25) is 0 Å². The molecule has 1 unspecified atom stereocenters. The van der Waals surface area contributed by atoms with E-state index in [1.54, 1.807) is 0 Å². The first-order valence-electron chi connectivity index (χ1n) is 7.56.